The first kappa shape index (κ1) is 38.6. The van der Waals surface area contributed by atoms with E-state index in [2.05, 4.69) is 60.1 Å². The van der Waals surface area contributed by atoms with Gasteiger partial charge in [-0.05, 0) is 98.5 Å². The summed E-state index contributed by atoms with van der Waals surface area (Å²) in [7, 11) is 0. The van der Waals surface area contributed by atoms with E-state index >= 15 is 0 Å². The number of rotatable bonds is 15. The number of pyridine rings is 1. The molecule has 4 heterocycles. The van der Waals surface area contributed by atoms with E-state index in [9.17, 15) is 15.2 Å². The minimum absolute atomic E-state index is 0.164. The highest BCUT2D eigenvalue weighted by Gasteiger charge is 2.36. The van der Waals surface area contributed by atoms with Gasteiger partial charge in [0.2, 0.25) is 0 Å². The highest BCUT2D eigenvalue weighted by Crippen LogP contribution is 2.38. The number of piperidine rings is 1. The Hall–Kier alpha value is -4.66. The highest BCUT2D eigenvalue weighted by atomic mass is 35.5. The monoisotopic (exact) mass is 764 g/mol. The normalized spacial score (nSPS) is 19.9. The molecule has 3 fully saturated rings. The van der Waals surface area contributed by atoms with Gasteiger partial charge >= 0.3 is 5.97 Å². The SMILES string of the molecule is Cc1c(COc2cc(OCc3cncc(C#N)c3)c(CN3CCCCC3C(=O)O)cc2Cl)cccc1-c1cccc(OCCCN2[C@@H]3CC[C@H]2COC3)c1C. The first-order valence-corrected chi connectivity index (χ1v) is 19.7. The van der Waals surface area contributed by atoms with Crippen LogP contribution in [0, 0.1) is 25.2 Å². The van der Waals surface area contributed by atoms with Crippen LogP contribution in [-0.4, -0.2) is 76.9 Å². The molecular weight excluding hydrogens is 716 g/mol. The van der Waals surface area contributed by atoms with E-state index in [0.717, 1.165) is 83.7 Å². The van der Waals surface area contributed by atoms with Crippen LogP contribution in [0.4, 0.5) is 0 Å². The van der Waals surface area contributed by atoms with E-state index in [1.807, 2.05) is 17.0 Å². The molecule has 1 unspecified atom stereocenters. The average molecular weight is 765 g/mol. The number of carboxylic acids is 1. The van der Waals surface area contributed by atoms with Crippen molar-refractivity contribution in [1.82, 2.24) is 14.8 Å². The van der Waals surface area contributed by atoms with Gasteiger partial charge in [-0.25, -0.2) is 0 Å². The largest absolute Gasteiger partial charge is 0.493 e. The number of benzene rings is 3. The molecule has 3 aliphatic heterocycles. The summed E-state index contributed by atoms with van der Waals surface area (Å²) in [4.78, 5) is 20.8. The quantitative estimate of drug-likeness (QED) is 0.119. The van der Waals surface area contributed by atoms with Gasteiger partial charge in [-0.1, -0.05) is 48.4 Å². The predicted molar refractivity (Wildman–Crippen MR) is 211 cm³/mol. The number of nitriles is 1. The number of nitrogens with zero attached hydrogens (tertiary/aromatic N) is 4. The van der Waals surface area contributed by atoms with Gasteiger partial charge in [0.15, 0.2) is 0 Å². The predicted octanol–water partition coefficient (Wildman–Crippen LogP) is 8.12. The molecule has 7 rings (SSSR count). The summed E-state index contributed by atoms with van der Waals surface area (Å²) < 4.78 is 24.8. The van der Waals surface area contributed by atoms with Crippen LogP contribution < -0.4 is 14.2 Å². The van der Waals surface area contributed by atoms with Crippen LogP contribution in [0.5, 0.6) is 17.2 Å². The third-order valence-corrected chi connectivity index (χ3v) is 11.6. The van der Waals surface area contributed by atoms with Gasteiger partial charge in [0.1, 0.15) is 42.6 Å². The standard InChI is InChI=1S/C44H49ClN4O6/c1-29-33(8-5-9-37(29)38-10-6-12-41(30(38)2)53-17-7-16-49-35-13-14-36(49)28-52-27-35)26-55-43-20-42(54-25-32-18-31(21-46)22-47-23-32)34(19-39(43)45)24-48-15-4-3-11-40(48)44(50)51/h5-6,8-10,12,18-20,22-23,35-36,40H,3-4,7,11,13-17,24-28H2,1-2H3,(H,50,51)/t35-,36+,40?. The second-order valence-corrected chi connectivity index (χ2v) is 15.3. The van der Waals surface area contributed by atoms with Crippen molar-refractivity contribution in [2.75, 3.05) is 32.9 Å². The van der Waals surface area contributed by atoms with Crippen LogP contribution in [0.2, 0.25) is 5.02 Å². The molecular formula is C44H49ClN4O6. The number of hydrogen-bond donors (Lipinski definition) is 1. The Morgan fingerprint density at radius 2 is 1.67 bits per heavy atom. The molecule has 10 nitrogen and oxygen atoms in total. The molecule has 3 saturated heterocycles. The summed E-state index contributed by atoms with van der Waals surface area (Å²) in [6.07, 6.45) is 9.01. The Balaban J connectivity index is 1.06. The van der Waals surface area contributed by atoms with Gasteiger partial charge in [-0.3, -0.25) is 19.6 Å². The van der Waals surface area contributed by atoms with Crippen LogP contribution in [0.15, 0.2) is 67.0 Å². The number of fused-ring (bicyclic) bond motifs is 2. The summed E-state index contributed by atoms with van der Waals surface area (Å²) in [5, 5.41) is 19.7. The van der Waals surface area contributed by atoms with Crippen molar-refractivity contribution in [3.63, 3.8) is 0 Å². The van der Waals surface area contributed by atoms with Gasteiger partial charge in [-0.2, -0.15) is 5.26 Å². The van der Waals surface area contributed by atoms with Crippen molar-refractivity contribution in [3.8, 4) is 34.4 Å². The summed E-state index contributed by atoms with van der Waals surface area (Å²) in [6.45, 7) is 9.10. The molecule has 3 aliphatic rings. The van der Waals surface area contributed by atoms with E-state index in [4.69, 9.17) is 30.5 Å². The summed E-state index contributed by atoms with van der Waals surface area (Å²) in [5.74, 6) is 1.06. The first-order chi connectivity index (χ1) is 26.8. The Morgan fingerprint density at radius 3 is 2.45 bits per heavy atom. The Kier molecular flexibility index (Phi) is 12.5. The molecule has 0 saturated carbocycles. The van der Waals surface area contributed by atoms with E-state index in [-0.39, 0.29) is 13.2 Å². The van der Waals surface area contributed by atoms with E-state index in [1.165, 1.54) is 19.0 Å². The van der Waals surface area contributed by atoms with Crippen LogP contribution in [-0.2, 0) is 29.3 Å². The molecule has 11 heteroatoms. The number of carbonyl (C=O) groups is 1. The molecule has 4 aromatic rings. The molecule has 0 aliphatic carbocycles. The maximum absolute atomic E-state index is 12.1. The molecule has 0 spiro atoms. The van der Waals surface area contributed by atoms with E-state index in [1.54, 1.807) is 18.3 Å². The summed E-state index contributed by atoms with van der Waals surface area (Å²) in [5.41, 5.74) is 7.39. The van der Waals surface area contributed by atoms with Crippen molar-refractivity contribution in [2.24, 2.45) is 0 Å². The van der Waals surface area contributed by atoms with E-state index in [0.29, 0.717) is 60.3 Å². The second kappa shape index (κ2) is 17.9. The molecule has 288 valence electrons. The smallest absolute Gasteiger partial charge is 0.320 e. The number of aliphatic carboxylic acids is 1. The zero-order chi connectivity index (χ0) is 38.3. The average Bonchev–Trinajstić information content (AvgIpc) is 3.40. The number of hydrogen-bond acceptors (Lipinski definition) is 9. The maximum atomic E-state index is 12.1. The summed E-state index contributed by atoms with van der Waals surface area (Å²) >= 11 is 6.88. The summed E-state index contributed by atoms with van der Waals surface area (Å²) in [6, 6.07) is 20.5. The zero-order valence-electron chi connectivity index (χ0n) is 31.6. The Labute approximate surface area is 328 Å². The third-order valence-electron chi connectivity index (χ3n) is 11.3. The second-order valence-electron chi connectivity index (χ2n) is 14.9. The number of halogens is 1. The van der Waals surface area contributed by atoms with Crippen molar-refractivity contribution >= 4 is 17.6 Å². The number of carboxylic acid groups (broad SMARTS) is 1. The lowest BCUT2D eigenvalue weighted by Crippen LogP contribution is -2.46. The molecule has 1 N–H and O–H groups in total. The number of likely N-dealkylation sites (tertiary alicyclic amines) is 1. The lowest BCUT2D eigenvalue weighted by Gasteiger charge is -2.34. The van der Waals surface area contributed by atoms with Gasteiger partial charge in [0, 0.05) is 54.8 Å². The van der Waals surface area contributed by atoms with Crippen LogP contribution in [0.25, 0.3) is 11.1 Å². The lowest BCUT2D eigenvalue weighted by molar-refractivity contribution is -0.144. The van der Waals surface area contributed by atoms with Crippen LogP contribution >= 0.6 is 11.6 Å². The molecule has 55 heavy (non-hydrogen) atoms. The van der Waals surface area contributed by atoms with Crippen molar-refractivity contribution < 1.29 is 28.8 Å². The molecule has 2 bridgehead atoms. The highest BCUT2D eigenvalue weighted by molar-refractivity contribution is 6.32. The van der Waals surface area contributed by atoms with Gasteiger partial charge in [-0.15, -0.1) is 0 Å². The number of aromatic nitrogens is 1. The fraction of sp³-hybridized carbons (Fsp3) is 0.432. The Morgan fingerprint density at radius 1 is 0.909 bits per heavy atom. The van der Waals surface area contributed by atoms with Gasteiger partial charge in [0.25, 0.3) is 0 Å². The number of ether oxygens (including phenoxy) is 4. The topological polar surface area (TPSA) is 117 Å². The van der Waals surface area contributed by atoms with Crippen molar-refractivity contribution in [3.05, 3.63) is 105 Å². The molecule has 3 atom stereocenters. The Bertz CT molecular complexity index is 2020. The van der Waals surface area contributed by atoms with E-state index < -0.39 is 12.0 Å². The molecule has 3 aromatic carbocycles. The maximum Gasteiger partial charge on any atom is 0.320 e. The van der Waals surface area contributed by atoms with Crippen LogP contribution in [0.3, 0.4) is 0 Å². The third kappa shape index (κ3) is 9.08. The zero-order valence-corrected chi connectivity index (χ0v) is 32.4. The minimum Gasteiger partial charge on any atom is -0.493 e. The van der Waals surface area contributed by atoms with Crippen molar-refractivity contribution in [2.45, 2.75) is 90.3 Å². The number of morpholine rings is 1. The van der Waals surface area contributed by atoms with Crippen molar-refractivity contribution in [1.29, 1.82) is 5.26 Å². The fourth-order valence-corrected chi connectivity index (χ4v) is 8.51. The molecule has 1 aromatic heterocycles. The van der Waals surface area contributed by atoms with Gasteiger partial charge in [0.05, 0.1) is 30.4 Å². The lowest BCUT2D eigenvalue weighted by atomic mass is 9.93. The van der Waals surface area contributed by atoms with Gasteiger partial charge < -0.3 is 24.1 Å². The fourth-order valence-electron chi connectivity index (χ4n) is 8.27. The van der Waals surface area contributed by atoms with Crippen LogP contribution in [0.1, 0.15) is 71.9 Å². The molecule has 0 radical (unpaired) electrons. The first-order valence-electron chi connectivity index (χ1n) is 19.3. The molecule has 0 amide bonds. The minimum atomic E-state index is -0.828.